The Morgan fingerprint density at radius 2 is 1.45 bits per heavy atom. The Balaban J connectivity index is 0.000000941. The zero-order chi connectivity index (χ0) is 21.4. The predicted molar refractivity (Wildman–Crippen MR) is 125 cm³/mol. The van der Waals surface area contributed by atoms with E-state index in [0.717, 1.165) is 32.7 Å². The molecule has 0 aliphatic heterocycles. The number of aromatic nitrogens is 1. The fraction of sp³-hybridized carbons (Fsp3) is 0.227. The normalized spacial score (nSPS) is 12.0. The Morgan fingerprint density at radius 3 is 1.97 bits per heavy atom. The van der Waals surface area contributed by atoms with Gasteiger partial charge in [-0.3, -0.25) is 4.99 Å². The van der Waals surface area contributed by atoms with Crippen molar-refractivity contribution in [2.24, 2.45) is 9.98 Å². The van der Waals surface area contributed by atoms with Gasteiger partial charge in [-0.05, 0) is 70.0 Å². The quantitative estimate of drug-likeness (QED) is 0.274. The summed E-state index contributed by atoms with van der Waals surface area (Å²) in [6.07, 6.45) is 1.76. The second-order valence-electron chi connectivity index (χ2n) is 6.54. The molecule has 154 valence electrons. The van der Waals surface area contributed by atoms with Gasteiger partial charge in [0.1, 0.15) is 0 Å². The van der Waals surface area contributed by atoms with Crippen LogP contribution in [0.1, 0.15) is 40.3 Å². The first-order valence-electron chi connectivity index (χ1n) is 8.91. The molecule has 0 saturated heterocycles. The van der Waals surface area contributed by atoms with Gasteiger partial charge in [-0.1, -0.05) is 23.8 Å². The van der Waals surface area contributed by atoms with Crippen LogP contribution in [0.3, 0.4) is 0 Å². The minimum absolute atomic E-state index is 0.194. The van der Waals surface area contributed by atoms with Crippen LogP contribution in [0, 0.1) is 20.8 Å². The second-order valence-corrected chi connectivity index (χ2v) is 9.45. The van der Waals surface area contributed by atoms with Gasteiger partial charge in [0.15, 0.2) is 5.82 Å². The predicted octanol–water partition coefficient (Wildman–Crippen LogP) is 7.73. The molecule has 3 nitrogen and oxygen atoms in total. The summed E-state index contributed by atoms with van der Waals surface area (Å²) >= 11 is 1.91. The SMILES string of the molecule is CC(=Nc1c(C)cc(C)cc1C)c1ccc(/C(C)=N/c2ccccn2)s1.[Cl][Fe][Cl]. The van der Waals surface area contributed by atoms with Crippen molar-refractivity contribution in [3.05, 3.63) is 75.1 Å². The first-order chi connectivity index (χ1) is 13.8. The molecule has 0 amide bonds. The van der Waals surface area contributed by atoms with E-state index >= 15 is 0 Å². The fourth-order valence-corrected chi connectivity index (χ4v) is 3.84. The van der Waals surface area contributed by atoms with E-state index in [0.29, 0.717) is 0 Å². The summed E-state index contributed by atoms with van der Waals surface area (Å²) in [7, 11) is 9.53. The average molecular weight is 488 g/mol. The van der Waals surface area contributed by atoms with Gasteiger partial charge >= 0.3 is 33.3 Å². The van der Waals surface area contributed by atoms with Crippen molar-refractivity contribution in [1.29, 1.82) is 0 Å². The van der Waals surface area contributed by atoms with E-state index in [2.05, 4.69) is 61.9 Å². The topological polar surface area (TPSA) is 37.6 Å². The van der Waals surface area contributed by atoms with Crippen LogP contribution in [0.4, 0.5) is 11.5 Å². The maximum atomic E-state index is 4.90. The molecule has 3 aromatic rings. The van der Waals surface area contributed by atoms with Crippen LogP contribution >= 0.6 is 31.5 Å². The maximum absolute atomic E-state index is 4.90. The molecule has 0 spiro atoms. The number of halogens is 2. The summed E-state index contributed by atoms with van der Waals surface area (Å²) < 4.78 is 0. The van der Waals surface area contributed by atoms with Crippen molar-refractivity contribution in [3.8, 4) is 0 Å². The summed E-state index contributed by atoms with van der Waals surface area (Å²) in [4.78, 5) is 16.1. The van der Waals surface area contributed by atoms with Crippen molar-refractivity contribution in [1.82, 2.24) is 4.98 Å². The van der Waals surface area contributed by atoms with Crippen LogP contribution < -0.4 is 0 Å². The number of thiophene rings is 1. The summed E-state index contributed by atoms with van der Waals surface area (Å²) in [5.41, 5.74) is 6.77. The van der Waals surface area contributed by atoms with Gasteiger partial charge in [0.25, 0.3) is 0 Å². The number of benzene rings is 1. The molecule has 0 aliphatic carbocycles. The zero-order valence-electron chi connectivity index (χ0n) is 17.0. The Morgan fingerprint density at radius 1 is 0.897 bits per heavy atom. The molecule has 2 aromatic heterocycles. The van der Waals surface area contributed by atoms with Gasteiger partial charge in [0.05, 0.1) is 17.1 Å². The van der Waals surface area contributed by atoms with Crippen LogP contribution in [-0.4, -0.2) is 16.4 Å². The first-order valence-corrected chi connectivity index (χ1v) is 12.8. The minimum atomic E-state index is 0.194. The molecule has 0 aliphatic rings. The van der Waals surface area contributed by atoms with E-state index in [1.54, 1.807) is 17.5 Å². The van der Waals surface area contributed by atoms with Crippen molar-refractivity contribution < 1.29 is 13.1 Å². The number of aryl methyl sites for hydroxylation is 3. The van der Waals surface area contributed by atoms with E-state index in [4.69, 9.17) is 25.2 Å². The van der Waals surface area contributed by atoms with Crippen molar-refractivity contribution in [2.75, 3.05) is 0 Å². The van der Waals surface area contributed by atoms with Gasteiger partial charge in [-0.25, -0.2) is 9.98 Å². The molecular formula is C22H23Cl2FeN3S. The molecule has 29 heavy (non-hydrogen) atoms. The van der Waals surface area contributed by atoms with Gasteiger partial charge in [-0.15, -0.1) is 11.3 Å². The van der Waals surface area contributed by atoms with Crippen molar-refractivity contribution in [2.45, 2.75) is 34.6 Å². The van der Waals surface area contributed by atoms with E-state index < -0.39 is 0 Å². The number of hydrogen-bond donors (Lipinski definition) is 0. The molecule has 7 heteroatoms. The van der Waals surface area contributed by atoms with Gasteiger partial charge < -0.3 is 0 Å². The van der Waals surface area contributed by atoms with Crippen molar-refractivity contribution >= 4 is 54.5 Å². The molecular weight excluding hydrogens is 465 g/mol. The standard InChI is InChI=1S/C22H23N3S.2ClH.Fe/c1-14-12-15(2)22(16(3)13-14)25-18(5)20-10-9-19(26-20)17(4)24-21-8-6-7-11-23-21;;;/h6-13H,1-5H3;2*1H;/q;;;+2/p-2/b24-17+,25-18?;;;. The van der Waals surface area contributed by atoms with Crippen LogP contribution in [0.5, 0.6) is 0 Å². The zero-order valence-corrected chi connectivity index (χ0v) is 20.4. The van der Waals surface area contributed by atoms with E-state index in [9.17, 15) is 0 Å². The Kier molecular flexibility index (Phi) is 9.54. The average Bonchev–Trinajstić information content (AvgIpc) is 3.16. The van der Waals surface area contributed by atoms with Crippen LogP contribution in [0.2, 0.25) is 0 Å². The summed E-state index contributed by atoms with van der Waals surface area (Å²) in [6.45, 7) is 10.4. The van der Waals surface area contributed by atoms with E-state index in [1.165, 1.54) is 16.7 Å². The molecule has 0 N–H and O–H groups in total. The number of nitrogens with zero attached hydrogens (tertiary/aromatic N) is 3. The molecule has 0 radical (unpaired) electrons. The first kappa shape index (κ1) is 23.8. The molecule has 3 rings (SSSR count). The summed E-state index contributed by atoms with van der Waals surface area (Å²) in [5, 5.41) is 0. The van der Waals surface area contributed by atoms with Crippen LogP contribution in [0.25, 0.3) is 0 Å². The molecule has 2 heterocycles. The fourth-order valence-electron chi connectivity index (χ4n) is 2.95. The number of hydrogen-bond acceptors (Lipinski definition) is 4. The number of rotatable bonds is 4. The molecule has 0 unspecified atom stereocenters. The Hall–Kier alpha value is -1.49. The van der Waals surface area contributed by atoms with Gasteiger partial charge in [-0.2, -0.15) is 0 Å². The third kappa shape index (κ3) is 7.06. The number of aliphatic imine (C=N–C) groups is 2. The molecule has 1 aromatic carbocycles. The van der Waals surface area contributed by atoms with Crippen LogP contribution in [-0.2, 0) is 13.1 Å². The van der Waals surface area contributed by atoms with Crippen LogP contribution in [0.15, 0.2) is 58.6 Å². The Bertz CT molecular complexity index is 991. The molecule has 0 bridgehead atoms. The molecule has 0 atom stereocenters. The Labute approximate surface area is 191 Å². The monoisotopic (exact) mass is 487 g/mol. The number of pyridine rings is 1. The third-order valence-electron chi connectivity index (χ3n) is 4.17. The molecule has 0 fully saturated rings. The molecule has 0 saturated carbocycles. The van der Waals surface area contributed by atoms with Gasteiger partial charge in [0, 0.05) is 16.0 Å². The second kappa shape index (κ2) is 11.6. The summed E-state index contributed by atoms with van der Waals surface area (Å²) in [6, 6.07) is 14.3. The van der Waals surface area contributed by atoms with Gasteiger partial charge in [0.2, 0.25) is 0 Å². The third-order valence-corrected chi connectivity index (χ3v) is 5.47. The van der Waals surface area contributed by atoms with Crippen molar-refractivity contribution in [3.63, 3.8) is 0 Å². The van der Waals surface area contributed by atoms with E-state index in [-0.39, 0.29) is 13.1 Å². The van der Waals surface area contributed by atoms with E-state index in [1.807, 2.05) is 25.1 Å². The summed E-state index contributed by atoms with van der Waals surface area (Å²) in [5.74, 6) is 0.733.